The van der Waals surface area contributed by atoms with Gasteiger partial charge in [0.05, 0.1) is 0 Å². The summed E-state index contributed by atoms with van der Waals surface area (Å²) in [5, 5.41) is 12.3. The Bertz CT molecular complexity index is 385. The molecule has 0 aliphatic heterocycles. The third-order valence-electron chi connectivity index (χ3n) is 2.72. The van der Waals surface area contributed by atoms with Crippen molar-refractivity contribution in [3.63, 3.8) is 0 Å². The summed E-state index contributed by atoms with van der Waals surface area (Å²) < 4.78 is 0. The molecule has 0 saturated carbocycles. The van der Waals surface area contributed by atoms with Gasteiger partial charge in [-0.15, -0.1) is 0 Å². The van der Waals surface area contributed by atoms with E-state index in [2.05, 4.69) is 12.2 Å². The lowest BCUT2D eigenvalue weighted by Gasteiger charge is -2.06. The van der Waals surface area contributed by atoms with Gasteiger partial charge in [-0.3, -0.25) is 0 Å². The number of anilines is 1. The largest absolute Gasteiger partial charge is 0.478 e. The van der Waals surface area contributed by atoms with Crippen LogP contribution in [0.5, 0.6) is 0 Å². The zero-order chi connectivity index (χ0) is 13.2. The predicted molar refractivity (Wildman–Crippen MR) is 74.8 cm³/mol. The van der Waals surface area contributed by atoms with Crippen molar-refractivity contribution in [1.82, 2.24) is 0 Å². The van der Waals surface area contributed by atoms with E-state index in [0.29, 0.717) is 18.5 Å². The fourth-order valence-electron chi connectivity index (χ4n) is 1.67. The van der Waals surface area contributed by atoms with E-state index in [-0.39, 0.29) is 0 Å². The van der Waals surface area contributed by atoms with Crippen LogP contribution in [-0.4, -0.2) is 17.6 Å². The zero-order valence-electron chi connectivity index (χ0n) is 10.9. The van der Waals surface area contributed by atoms with Gasteiger partial charge in [0, 0.05) is 17.8 Å². The van der Waals surface area contributed by atoms with Gasteiger partial charge in [0.1, 0.15) is 0 Å². The molecule has 0 bridgehead atoms. The molecular weight excluding hydrogens is 226 g/mol. The summed E-state index contributed by atoms with van der Waals surface area (Å²) in [6.45, 7) is 2.75. The molecule has 18 heavy (non-hydrogen) atoms. The summed E-state index contributed by atoms with van der Waals surface area (Å²) in [7, 11) is 0. The molecule has 1 rings (SSSR count). The maximum absolute atomic E-state index is 11.0. The second kappa shape index (κ2) is 8.34. The standard InChI is InChI=1S/C15H21NO2/c1-2-3-5-8-13(15(17)18)11-12-16-14-9-6-4-7-10-14/h4,6-10,16H,2-3,5,11-12H2,1H3,(H,17,18). The van der Waals surface area contributed by atoms with Gasteiger partial charge in [-0.1, -0.05) is 44.0 Å². The van der Waals surface area contributed by atoms with E-state index in [9.17, 15) is 4.79 Å². The van der Waals surface area contributed by atoms with Crippen LogP contribution >= 0.6 is 0 Å². The van der Waals surface area contributed by atoms with E-state index in [1.807, 2.05) is 36.4 Å². The molecule has 0 unspecified atom stereocenters. The zero-order valence-corrected chi connectivity index (χ0v) is 10.9. The van der Waals surface area contributed by atoms with Crippen LogP contribution in [0.3, 0.4) is 0 Å². The Kier molecular flexibility index (Phi) is 6.62. The minimum Gasteiger partial charge on any atom is -0.478 e. The quantitative estimate of drug-likeness (QED) is 0.544. The lowest BCUT2D eigenvalue weighted by Crippen LogP contribution is -2.08. The molecule has 0 heterocycles. The molecule has 0 aliphatic carbocycles. The maximum Gasteiger partial charge on any atom is 0.331 e. The van der Waals surface area contributed by atoms with E-state index < -0.39 is 5.97 Å². The van der Waals surface area contributed by atoms with Gasteiger partial charge in [0.25, 0.3) is 0 Å². The predicted octanol–water partition coefficient (Wildman–Crippen LogP) is 3.69. The van der Waals surface area contributed by atoms with E-state index >= 15 is 0 Å². The van der Waals surface area contributed by atoms with Crippen molar-refractivity contribution in [2.45, 2.75) is 32.6 Å². The van der Waals surface area contributed by atoms with Gasteiger partial charge >= 0.3 is 5.97 Å². The number of rotatable bonds is 8. The summed E-state index contributed by atoms with van der Waals surface area (Å²) in [4.78, 5) is 11.0. The Morgan fingerprint density at radius 3 is 2.67 bits per heavy atom. The molecule has 0 aromatic heterocycles. The van der Waals surface area contributed by atoms with Gasteiger partial charge in [-0.2, -0.15) is 0 Å². The molecule has 1 aromatic rings. The van der Waals surface area contributed by atoms with E-state index in [4.69, 9.17) is 5.11 Å². The molecule has 0 aliphatic rings. The van der Waals surface area contributed by atoms with Crippen molar-refractivity contribution in [3.8, 4) is 0 Å². The highest BCUT2D eigenvalue weighted by molar-refractivity contribution is 5.86. The van der Waals surface area contributed by atoms with Crippen LogP contribution in [0.1, 0.15) is 32.6 Å². The van der Waals surface area contributed by atoms with Gasteiger partial charge in [0.2, 0.25) is 0 Å². The Morgan fingerprint density at radius 1 is 1.33 bits per heavy atom. The Balaban J connectivity index is 2.38. The normalized spacial score (nSPS) is 11.3. The molecule has 0 radical (unpaired) electrons. The molecule has 0 saturated heterocycles. The molecular formula is C15H21NO2. The number of allylic oxidation sites excluding steroid dienone is 1. The van der Waals surface area contributed by atoms with Crippen LogP contribution in [0.15, 0.2) is 42.0 Å². The summed E-state index contributed by atoms with van der Waals surface area (Å²) >= 11 is 0. The number of nitrogens with one attached hydrogen (secondary N) is 1. The van der Waals surface area contributed by atoms with E-state index in [1.54, 1.807) is 0 Å². The number of hydrogen-bond donors (Lipinski definition) is 2. The van der Waals surface area contributed by atoms with Gasteiger partial charge in [0.15, 0.2) is 0 Å². The summed E-state index contributed by atoms with van der Waals surface area (Å²) in [6, 6.07) is 9.82. The topological polar surface area (TPSA) is 49.3 Å². The molecule has 2 N–H and O–H groups in total. The fourth-order valence-corrected chi connectivity index (χ4v) is 1.67. The Labute approximate surface area is 109 Å². The number of hydrogen-bond acceptors (Lipinski definition) is 2. The highest BCUT2D eigenvalue weighted by atomic mass is 16.4. The average Bonchev–Trinajstić information content (AvgIpc) is 2.38. The van der Waals surface area contributed by atoms with Gasteiger partial charge < -0.3 is 10.4 Å². The third-order valence-corrected chi connectivity index (χ3v) is 2.72. The smallest absolute Gasteiger partial charge is 0.331 e. The Hall–Kier alpha value is -1.77. The lowest BCUT2D eigenvalue weighted by molar-refractivity contribution is -0.132. The molecule has 1 aromatic carbocycles. The Morgan fingerprint density at radius 2 is 2.06 bits per heavy atom. The summed E-state index contributed by atoms with van der Waals surface area (Å²) in [5.74, 6) is -0.805. The number of unbranched alkanes of at least 4 members (excludes halogenated alkanes) is 2. The summed E-state index contributed by atoms with van der Waals surface area (Å²) in [6.07, 6.45) is 5.38. The molecule has 3 heteroatoms. The fraction of sp³-hybridized carbons (Fsp3) is 0.400. The molecule has 0 fully saturated rings. The first-order valence-corrected chi connectivity index (χ1v) is 6.45. The monoisotopic (exact) mass is 247 g/mol. The number of carbonyl (C=O) groups is 1. The van der Waals surface area contributed by atoms with Gasteiger partial charge in [-0.05, 0) is 25.0 Å². The molecule has 0 atom stereocenters. The molecule has 3 nitrogen and oxygen atoms in total. The third kappa shape index (κ3) is 5.53. The van der Waals surface area contributed by atoms with Crippen molar-refractivity contribution in [2.75, 3.05) is 11.9 Å². The number of aliphatic carboxylic acids is 1. The first-order chi connectivity index (χ1) is 8.74. The van der Waals surface area contributed by atoms with Crippen LogP contribution in [0.25, 0.3) is 0 Å². The minimum atomic E-state index is -0.805. The van der Waals surface area contributed by atoms with E-state index in [0.717, 1.165) is 24.9 Å². The van der Waals surface area contributed by atoms with Crippen LogP contribution in [0, 0.1) is 0 Å². The van der Waals surface area contributed by atoms with Crippen LogP contribution in [0.4, 0.5) is 5.69 Å². The van der Waals surface area contributed by atoms with Gasteiger partial charge in [-0.25, -0.2) is 4.79 Å². The minimum absolute atomic E-state index is 0.506. The van der Waals surface area contributed by atoms with Crippen molar-refractivity contribution >= 4 is 11.7 Å². The molecule has 0 amide bonds. The molecule has 0 spiro atoms. The SMILES string of the molecule is CCCCC=C(CCNc1ccccc1)C(=O)O. The van der Waals surface area contributed by atoms with Crippen molar-refractivity contribution < 1.29 is 9.90 Å². The number of carboxylic acids is 1. The second-order valence-corrected chi connectivity index (χ2v) is 4.22. The highest BCUT2D eigenvalue weighted by Gasteiger charge is 2.05. The first kappa shape index (κ1) is 14.3. The number of para-hydroxylation sites is 1. The lowest BCUT2D eigenvalue weighted by atomic mass is 10.1. The van der Waals surface area contributed by atoms with Crippen molar-refractivity contribution in [3.05, 3.63) is 42.0 Å². The van der Waals surface area contributed by atoms with Crippen LogP contribution < -0.4 is 5.32 Å². The maximum atomic E-state index is 11.0. The van der Waals surface area contributed by atoms with Crippen molar-refractivity contribution in [1.29, 1.82) is 0 Å². The average molecular weight is 247 g/mol. The van der Waals surface area contributed by atoms with Crippen LogP contribution in [-0.2, 0) is 4.79 Å². The van der Waals surface area contributed by atoms with Crippen molar-refractivity contribution in [2.24, 2.45) is 0 Å². The number of benzene rings is 1. The molecule has 98 valence electrons. The van der Waals surface area contributed by atoms with E-state index in [1.165, 1.54) is 0 Å². The first-order valence-electron chi connectivity index (χ1n) is 6.45. The number of carboxylic acid groups (broad SMARTS) is 1. The summed E-state index contributed by atoms with van der Waals surface area (Å²) in [5.41, 5.74) is 1.53. The second-order valence-electron chi connectivity index (χ2n) is 4.22. The highest BCUT2D eigenvalue weighted by Crippen LogP contribution is 2.09. The van der Waals surface area contributed by atoms with Crippen LogP contribution in [0.2, 0.25) is 0 Å².